The van der Waals surface area contributed by atoms with Gasteiger partial charge in [-0.2, -0.15) is 0 Å². The van der Waals surface area contributed by atoms with Gasteiger partial charge in [-0.1, -0.05) is 30.3 Å². The highest BCUT2D eigenvalue weighted by atomic mass is 19.1. The molecule has 0 spiro atoms. The molecule has 1 fully saturated rings. The average Bonchev–Trinajstić information content (AvgIpc) is 2.72. The van der Waals surface area contributed by atoms with E-state index >= 15 is 0 Å². The lowest BCUT2D eigenvalue weighted by molar-refractivity contribution is -0.162. The van der Waals surface area contributed by atoms with Crippen LogP contribution < -0.4 is 0 Å². The molecular weight excluding hydrogens is 221 g/mol. The predicted octanol–water partition coefficient (Wildman–Crippen LogP) is 1.57. The maximum atomic E-state index is 14.2. The van der Waals surface area contributed by atoms with Gasteiger partial charge in [0.2, 0.25) is 0 Å². The summed E-state index contributed by atoms with van der Waals surface area (Å²) in [4.78, 5) is 2.00. The second-order valence-corrected chi connectivity index (χ2v) is 4.57. The van der Waals surface area contributed by atoms with Crippen molar-refractivity contribution in [1.29, 1.82) is 0 Å². The zero-order chi connectivity index (χ0) is 12.3. The molecule has 1 unspecified atom stereocenters. The van der Waals surface area contributed by atoms with E-state index in [1.807, 2.05) is 35.2 Å². The Labute approximate surface area is 101 Å². The third-order valence-electron chi connectivity index (χ3n) is 3.24. The van der Waals surface area contributed by atoms with Crippen molar-refractivity contribution in [2.24, 2.45) is 0 Å². The maximum Gasteiger partial charge on any atom is 0.190 e. The lowest BCUT2D eigenvalue weighted by Gasteiger charge is -2.25. The SMILES string of the molecule is COC(O)[C@@]1(F)CCN(Cc2ccccc2)C1. The van der Waals surface area contributed by atoms with Gasteiger partial charge in [-0.05, 0) is 5.56 Å². The second-order valence-electron chi connectivity index (χ2n) is 4.57. The highest BCUT2D eigenvalue weighted by Gasteiger charge is 2.44. The van der Waals surface area contributed by atoms with E-state index in [1.165, 1.54) is 7.11 Å². The molecule has 1 heterocycles. The summed E-state index contributed by atoms with van der Waals surface area (Å²) < 4.78 is 18.9. The Morgan fingerprint density at radius 1 is 1.47 bits per heavy atom. The summed E-state index contributed by atoms with van der Waals surface area (Å²) in [5.74, 6) is 0. The number of likely N-dealkylation sites (tertiary alicyclic amines) is 1. The Hall–Kier alpha value is -0.970. The van der Waals surface area contributed by atoms with Gasteiger partial charge >= 0.3 is 0 Å². The van der Waals surface area contributed by atoms with E-state index in [4.69, 9.17) is 0 Å². The molecule has 1 aliphatic rings. The summed E-state index contributed by atoms with van der Waals surface area (Å²) in [6.07, 6.45) is -1.02. The smallest absolute Gasteiger partial charge is 0.190 e. The molecular formula is C13H18FNO2. The zero-order valence-corrected chi connectivity index (χ0v) is 9.97. The molecule has 1 aromatic rings. The summed E-state index contributed by atoms with van der Waals surface area (Å²) in [6, 6.07) is 9.94. The Balaban J connectivity index is 1.94. The Morgan fingerprint density at radius 2 is 2.18 bits per heavy atom. The van der Waals surface area contributed by atoms with E-state index in [9.17, 15) is 9.50 Å². The van der Waals surface area contributed by atoms with Crippen LogP contribution in [0.25, 0.3) is 0 Å². The summed E-state index contributed by atoms with van der Waals surface area (Å²) in [6.45, 7) is 1.58. The predicted molar refractivity (Wildman–Crippen MR) is 63.2 cm³/mol. The van der Waals surface area contributed by atoms with Crippen LogP contribution in [0.4, 0.5) is 4.39 Å². The first-order chi connectivity index (χ1) is 8.14. The van der Waals surface area contributed by atoms with Gasteiger partial charge < -0.3 is 9.84 Å². The van der Waals surface area contributed by atoms with E-state index in [-0.39, 0.29) is 6.54 Å². The van der Waals surface area contributed by atoms with Crippen molar-refractivity contribution in [3.63, 3.8) is 0 Å². The minimum Gasteiger partial charge on any atom is -0.365 e. The topological polar surface area (TPSA) is 32.7 Å². The summed E-state index contributed by atoms with van der Waals surface area (Å²) in [7, 11) is 1.33. The van der Waals surface area contributed by atoms with Crippen molar-refractivity contribution in [1.82, 2.24) is 4.90 Å². The Morgan fingerprint density at radius 3 is 2.82 bits per heavy atom. The fraction of sp³-hybridized carbons (Fsp3) is 0.538. The van der Waals surface area contributed by atoms with Crippen LogP contribution in [-0.4, -0.2) is 42.2 Å². The first-order valence-electron chi connectivity index (χ1n) is 5.80. The summed E-state index contributed by atoms with van der Waals surface area (Å²) >= 11 is 0. The molecule has 94 valence electrons. The van der Waals surface area contributed by atoms with Crippen LogP contribution in [0.5, 0.6) is 0 Å². The van der Waals surface area contributed by atoms with Crippen LogP contribution in [0.2, 0.25) is 0 Å². The van der Waals surface area contributed by atoms with Crippen molar-refractivity contribution in [2.75, 3.05) is 20.2 Å². The number of benzene rings is 1. The number of rotatable bonds is 4. The summed E-state index contributed by atoms with van der Waals surface area (Å²) in [5, 5.41) is 9.48. The number of ether oxygens (including phenoxy) is 1. The third kappa shape index (κ3) is 2.83. The van der Waals surface area contributed by atoms with Gasteiger partial charge in [-0.3, -0.25) is 4.90 Å². The van der Waals surface area contributed by atoms with Crippen molar-refractivity contribution >= 4 is 0 Å². The molecule has 0 amide bonds. The summed E-state index contributed by atoms with van der Waals surface area (Å²) in [5.41, 5.74) is -0.479. The molecule has 1 N–H and O–H groups in total. The molecule has 1 aromatic carbocycles. The van der Waals surface area contributed by atoms with Gasteiger partial charge in [0, 0.05) is 33.2 Å². The number of aliphatic hydroxyl groups excluding tert-OH is 1. The number of methoxy groups -OCH3 is 1. The van der Waals surface area contributed by atoms with E-state index in [0.29, 0.717) is 19.5 Å². The van der Waals surface area contributed by atoms with Crippen LogP contribution in [0.1, 0.15) is 12.0 Å². The van der Waals surface area contributed by atoms with Gasteiger partial charge in [0.05, 0.1) is 0 Å². The quantitative estimate of drug-likeness (QED) is 0.809. The minimum absolute atomic E-state index is 0.219. The number of aliphatic hydroxyl groups is 1. The Bertz CT molecular complexity index is 360. The normalized spacial score (nSPS) is 27.2. The number of hydrogen-bond acceptors (Lipinski definition) is 3. The maximum absolute atomic E-state index is 14.2. The van der Waals surface area contributed by atoms with Crippen molar-refractivity contribution in [3.05, 3.63) is 35.9 Å². The molecule has 17 heavy (non-hydrogen) atoms. The van der Waals surface area contributed by atoms with Gasteiger partial charge in [0.25, 0.3) is 0 Å². The lowest BCUT2D eigenvalue weighted by atomic mass is 10.1. The molecule has 0 saturated carbocycles. The molecule has 3 nitrogen and oxygen atoms in total. The molecule has 2 atom stereocenters. The second kappa shape index (κ2) is 5.12. The lowest BCUT2D eigenvalue weighted by Crippen LogP contribution is -2.41. The van der Waals surface area contributed by atoms with Crippen LogP contribution >= 0.6 is 0 Å². The molecule has 0 aliphatic carbocycles. The number of alkyl halides is 1. The van der Waals surface area contributed by atoms with Crippen molar-refractivity contribution in [2.45, 2.75) is 24.9 Å². The molecule has 2 rings (SSSR count). The minimum atomic E-state index is -1.64. The Kier molecular flexibility index (Phi) is 3.76. The first kappa shape index (κ1) is 12.5. The van der Waals surface area contributed by atoms with Crippen molar-refractivity contribution < 1.29 is 14.2 Å². The zero-order valence-electron chi connectivity index (χ0n) is 9.97. The molecule has 0 bridgehead atoms. The molecule has 0 aromatic heterocycles. The van der Waals surface area contributed by atoms with E-state index in [1.54, 1.807) is 0 Å². The van der Waals surface area contributed by atoms with E-state index in [0.717, 1.165) is 5.56 Å². The third-order valence-corrected chi connectivity index (χ3v) is 3.24. The number of hydrogen-bond donors (Lipinski definition) is 1. The van der Waals surface area contributed by atoms with Crippen LogP contribution in [0.3, 0.4) is 0 Å². The van der Waals surface area contributed by atoms with Gasteiger partial charge in [0.1, 0.15) is 0 Å². The molecule has 0 radical (unpaired) electrons. The van der Waals surface area contributed by atoms with Gasteiger partial charge in [-0.15, -0.1) is 0 Å². The first-order valence-corrected chi connectivity index (χ1v) is 5.80. The van der Waals surface area contributed by atoms with E-state index < -0.39 is 12.0 Å². The fourth-order valence-electron chi connectivity index (χ4n) is 2.26. The highest BCUT2D eigenvalue weighted by molar-refractivity contribution is 5.15. The molecule has 4 heteroatoms. The molecule has 1 aliphatic heterocycles. The monoisotopic (exact) mass is 239 g/mol. The fourth-order valence-corrected chi connectivity index (χ4v) is 2.26. The number of nitrogens with zero attached hydrogens (tertiary/aromatic N) is 1. The van der Waals surface area contributed by atoms with Gasteiger partial charge in [0.15, 0.2) is 12.0 Å². The standard InChI is InChI=1S/C13H18FNO2/c1-17-12(16)13(14)7-8-15(10-13)9-11-5-3-2-4-6-11/h2-6,12,16H,7-10H2,1H3/t12?,13-/m1/s1. The van der Waals surface area contributed by atoms with Gasteiger partial charge in [-0.25, -0.2) is 4.39 Å². The largest absolute Gasteiger partial charge is 0.365 e. The van der Waals surface area contributed by atoms with Crippen LogP contribution in [0.15, 0.2) is 30.3 Å². The average molecular weight is 239 g/mol. The van der Waals surface area contributed by atoms with Crippen LogP contribution in [0, 0.1) is 0 Å². The molecule has 1 saturated heterocycles. The highest BCUT2D eigenvalue weighted by Crippen LogP contribution is 2.30. The van der Waals surface area contributed by atoms with Crippen molar-refractivity contribution in [3.8, 4) is 0 Å². The number of halogens is 1. The van der Waals surface area contributed by atoms with Crippen LogP contribution in [-0.2, 0) is 11.3 Å². The van der Waals surface area contributed by atoms with E-state index in [2.05, 4.69) is 4.74 Å².